The zero-order chi connectivity index (χ0) is 15.4. The van der Waals surface area contributed by atoms with Gasteiger partial charge in [0.1, 0.15) is 0 Å². The molecule has 1 saturated carbocycles. The average Bonchev–Trinajstić information content (AvgIpc) is 2.50. The first-order chi connectivity index (χ1) is 9.99. The number of nitrogen functional groups attached to an aromatic ring is 1. The Hall–Kier alpha value is -0.770. The van der Waals surface area contributed by atoms with E-state index < -0.39 is 0 Å². The lowest BCUT2D eigenvalue weighted by Gasteiger charge is -2.28. The zero-order valence-electron chi connectivity index (χ0n) is 12.3. The van der Waals surface area contributed by atoms with Crippen molar-refractivity contribution in [3.05, 3.63) is 27.7 Å². The number of hydrogen-bond donors (Lipinski definition) is 2. The molecular weight excluding hydrogens is 307 g/mol. The van der Waals surface area contributed by atoms with Gasteiger partial charge in [0.15, 0.2) is 5.78 Å². The van der Waals surface area contributed by atoms with E-state index in [4.69, 9.17) is 28.9 Å². The number of hydrogen-bond acceptors (Lipinski definition) is 3. The predicted octanol–water partition coefficient (Wildman–Crippen LogP) is 4.32. The molecule has 116 valence electrons. The number of carbonyl (C=O) groups excluding carboxylic acids is 1. The maximum atomic E-state index is 12.2. The number of nitrogens with two attached hydrogens (primary N) is 1. The SMILES string of the molecule is CC(NCC(=O)c1cc(Cl)c(N)c(Cl)c1)C1CCCCC1. The Morgan fingerprint density at radius 3 is 2.43 bits per heavy atom. The summed E-state index contributed by atoms with van der Waals surface area (Å²) in [6.45, 7) is 2.46. The van der Waals surface area contributed by atoms with Crippen LogP contribution >= 0.6 is 23.2 Å². The third-order valence-corrected chi connectivity index (χ3v) is 4.97. The van der Waals surface area contributed by atoms with E-state index in [1.807, 2.05) is 0 Å². The minimum atomic E-state index is -0.0125. The molecule has 5 heteroatoms. The van der Waals surface area contributed by atoms with Crippen molar-refractivity contribution in [1.29, 1.82) is 0 Å². The summed E-state index contributed by atoms with van der Waals surface area (Å²) < 4.78 is 0. The molecular formula is C16H22Cl2N2O. The van der Waals surface area contributed by atoms with Gasteiger partial charge in [-0.15, -0.1) is 0 Å². The van der Waals surface area contributed by atoms with Crippen LogP contribution in [0.3, 0.4) is 0 Å². The summed E-state index contributed by atoms with van der Waals surface area (Å²) >= 11 is 11.9. The molecule has 0 saturated heterocycles. The number of benzene rings is 1. The standard InChI is InChI=1S/C16H22Cl2N2O/c1-10(11-5-3-2-4-6-11)20-9-15(21)12-7-13(17)16(19)14(18)8-12/h7-8,10-11,20H,2-6,9,19H2,1H3. The second-order valence-corrected chi connectivity index (χ2v) is 6.66. The Morgan fingerprint density at radius 2 is 1.86 bits per heavy atom. The predicted molar refractivity (Wildman–Crippen MR) is 89.2 cm³/mol. The molecule has 0 bridgehead atoms. The summed E-state index contributed by atoms with van der Waals surface area (Å²) in [6, 6.07) is 3.52. The van der Waals surface area contributed by atoms with Crippen molar-refractivity contribution in [3.63, 3.8) is 0 Å². The van der Waals surface area contributed by atoms with Crippen LogP contribution in [0.4, 0.5) is 5.69 Å². The summed E-state index contributed by atoms with van der Waals surface area (Å²) in [5.74, 6) is 0.659. The highest BCUT2D eigenvalue weighted by atomic mass is 35.5. The second-order valence-electron chi connectivity index (χ2n) is 5.84. The first kappa shape index (κ1) is 16.6. The molecule has 2 rings (SSSR count). The minimum absolute atomic E-state index is 0.0125. The van der Waals surface area contributed by atoms with Crippen molar-refractivity contribution in [2.75, 3.05) is 12.3 Å². The molecule has 0 aromatic heterocycles. The summed E-state index contributed by atoms with van der Waals surface area (Å²) in [7, 11) is 0. The molecule has 1 atom stereocenters. The van der Waals surface area contributed by atoms with Gasteiger partial charge in [0, 0.05) is 11.6 Å². The molecule has 3 nitrogen and oxygen atoms in total. The fourth-order valence-electron chi connectivity index (χ4n) is 2.90. The molecule has 1 fully saturated rings. The Kier molecular flexibility index (Phi) is 5.91. The quantitative estimate of drug-likeness (QED) is 0.625. The van der Waals surface area contributed by atoms with Gasteiger partial charge in [-0.3, -0.25) is 4.79 Å². The lowest BCUT2D eigenvalue weighted by atomic mass is 9.84. The maximum Gasteiger partial charge on any atom is 0.176 e. The third-order valence-electron chi connectivity index (χ3n) is 4.34. The largest absolute Gasteiger partial charge is 0.396 e. The first-order valence-corrected chi connectivity index (χ1v) is 8.25. The summed E-state index contributed by atoms with van der Waals surface area (Å²) in [5.41, 5.74) is 6.50. The molecule has 0 spiro atoms. The summed E-state index contributed by atoms with van der Waals surface area (Å²) in [5, 5.41) is 3.99. The van der Waals surface area contributed by atoms with Crippen LogP contribution in [0.15, 0.2) is 12.1 Å². The van der Waals surface area contributed by atoms with Gasteiger partial charge >= 0.3 is 0 Å². The van der Waals surface area contributed by atoms with Crippen molar-refractivity contribution in [2.45, 2.75) is 45.1 Å². The molecule has 21 heavy (non-hydrogen) atoms. The number of carbonyl (C=O) groups is 1. The fourth-order valence-corrected chi connectivity index (χ4v) is 3.39. The molecule has 1 unspecified atom stereocenters. The van der Waals surface area contributed by atoms with Crippen LogP contribution in [-0.2, 0) is 0 Å². The number of nitrogens with one attached hydrogen (secondary N) is 1. The van der Waals surface area contributed by atoms with Crippen LogP contribution in [0.2, 0.25) is 10.0 Å². The number of halogens is 2. The van der Waals surface area contributed by atoms with Gasteiger partial charge in [0.25, 0.3) is 0 Å². The lowest BCUT2D eigenvalue weighted by molar-refractivity contribution is 0.0982. The van der Waals surface area contributed by atoms with E-state index >= 15 is 0 Å². The molecule has 1 aromatic rings. The smallest absolute Gasteiger partial charge is 0.176 e. The van der Waals surface area contributed by atoms with Gasteiger partial charge in [0.2, 0.25) is 0 Å². The Balaban J connectivity index is 1.92. The minimum Gasteiger partial charge on any atom is -0.396 e. The summed E-state index contributed by atoms with van der Waals surface area (Å²) in [4.78, 5) is 12.2. The molecule has 0 radical (unpaired) electrons. The topological polar surface area (TPSA) is 55.1 Å². The zero-order valence-corrected chi connectivity index (χ0v) is 13.8. The van der Waals surface area contributed by atoms with E-state index in [2.05, 4.69) is 12.2 Å². The lowest BCUT2D eigenvalue weighted by Crippen LogP contribution is -2.37. The van der Waals surface area contributed by atoms with E-state index in [0.717, 1.165) is 0 Å². The molecule has 1 aliphatic carbocycles. The van der Waals surface area contributed by atoms with Crippen LogP contribution in [0, 0.1) is 5.92 Å². The van der Waals surface area contributed by atoms with Crippen molar-refractivity contribution >= 4 is 34.7 Å². The van der Waals surface area contributed by atoms with Crippen LogP contribution in [0.5, 0.6) is 0 Å². The first-order valence-electron chi connectivity index (χ1n) is 7.50. The number of rotatable bonds is 5. The average molecular weight is 329 g/mol. The van der Waals surface area contributed by atoms with E-state index in [1.165, 1.54) is 32.1 Å². The van der Waals surface area contributed by atoms with Crippen molar-refractivity contribution in [3.8, 4) is 0 Å². The Labute approximate surface area is 136 Å². The molecule has 0 amide bonds. The van der Waals surface area contributed by atoms with E-state index in [9.17, 15) is 4.79 Å². The van der Waals surface area contributed by atoms with Crippen LogP contribution < -0.4 is 11.1 Å². The van der Waals surface area contributed by atoms with E-state index in [1.54, 1.807) is 12.1 Å². The van der Waals surface area contributed by atoms with Gasteiger partial charge in [0.05, 0.1) is 22.3 Å². The molecule has 1 aliphatic rings. The molecule has 1 aromatic carbocycles. The van der Waals surface area contributed by atoms with Crippen molar-refractivity contribution < 1.29 is 4.79 Å². The van der Waals surface area contributed by atoms with Gasteiger partial charge < -0.3 is 11.1 Å². The highest BCUT2D eigenvalue weighted by Crippen LogP contribution is 2.29. The van der Waals surface area contributed by atoms with E-state index in [-0.39, 0.29) is 5.78 Å². The fraction of sp³-hybridized carbons (Fsp3) is 0.562. The van der Waals surface area contributed by atoms with Crippen molar-refractivity contribution in [2.24, 2.45) is 5.92 Å². The molecule has 0 aliphatic heterocycles. The van der Waals surface area contributed by atoms with Crippen LogP contribution in [0.1, 0.15) is 49.4 Å². The molecule has 3 N–H and O–H groups in total. The van der Waals surface area contributed by atoms with Gasteiger partial charge in [-0.1, -0.05) is 42.5 Å². The highest BCUT2D eigenvalue weighted by molar-refractivity contribution is 6.39. The van der Waals surface area contributed by atoms with Gasteiger partial charge in [-0.25, -0.2) is 0 Å². The van der Waals surface area contributed by atoms with Crippen LogP contribution in [0.25, 0.3) is 0 Å². The number of Topliss-reactive ketones (excluding diaryl/α,β-unsaturated/α-hetero) is 1. The normalized spacial score (nSPS) is 17.7. The third kappa shape index (κ3) is 4.35. The van der Waals surface area contributed by atoms with Crippen LogP contribution in [-0.4, -0.2) is 18.4 Å². The van der Waals surface area contributed by atoms with Gasteiger partial charge in [-0.05, 0) is 37.8 Å². The van der Waals surface area contributed by atoms with E-state index in [0.29, 0.717) is 39.8 Å². The maximum absolute atomic E-state index is 12.2. The number of anilines is 1. The van der Waals surface area contributed by atoms with Gasteiger partial charge in [-0.2, -0.15) is 0 Å². The second kappa shape index (κ2) is 7.48. The Bertz CT molecular complexity index is 490. The summed E-state index contributed by atoms with van der Waals surface area (Å²) in [6.07, 6.45) is 6.44. The monoisotopic (exact) mass is 328 g/mol. The Morgan fingerprint density at radius 1 is 1.29 bits per heavy atom. The molecule has 0 heterocycles. The number of ketones is 1. The highest BCUT2D eigenvalue weighted by Gasteiger charge is 2.20. The van der Waals surface area contributed by atoms with Crippen molar-refractivity contribution in [1.82, 2.24) is 5.32 Å².